The van der Waals surface area contributed by atoms with Gasteiger partial charge in [0.2, 0.25) is 0 Å². The Labute approximate surface area is 219 Å². The summed E-state index contributed by atoms with van der Waals surface area (Å²) in [5, 5.41) is 2.50. The number of carbonyl (C=O) groups is 3. The molecule has 184 valence electrons. The molecule has 1 heterocycles. The predicted octanol–water partition coefficient (Wildman–Crippen LogP) is 4.55. The number of methoxy groups -OCH3 is 1. The summed E-state index contributed by atoms with van der Waals surface area (Å²) in [5.41, 5.74) is 0.277. The van der Waals surface area contributed by atoms with Crippen LogP contribution in [0.5, 0.6) is 11.5 Å². The quantitative estimate of drug-likeness (QED) is 0.254. The fraction of sp³-hybridized carbons (Fsp3) is 0.0417. The summed E-state index contributed by atoms with van der Waals surface area (Å²) >= 11 is 9.08. The van der Waals surface area contributed by atoms with Gasteiger partial charge in [0, 0.05) is 5.02 Å². The monoisotopic (exact) mass is 590 g/mol. The molecule has 1 aliphatic heterocycles. The van der Waals surface area contributed by atoms with E-state index in [0.29, 0.717) is 10.6 Å². The average Bonchev–Trinajstić information content (AvgIpc) is 2.84. The zero-order valence-electron chi connectivity index (χ0n) is 18.4. The van der Waals surface area contributed by atoms with Crippen molar-refractivity contribution < 1.29 is 31.7 Å². The summed E-state index contributed by atoms with van der Waals surface area (Å²) < 4.78 is 36.2. The molecular weight excluding hydrogens is 576 g/mol. The average molecular weight is 592 g/mol. The van der Waals surface area contributed by atoms with Crippen molar-refractivity contribution in [3.05, 3.63) is 87.4 Å². The van der Waals surface area contributed by atoms with Gasteiger partial charge in [-0.1, -0.05) is 29.8 Å². The van der Waals surface area contributed by atoms with Crippen LogP contribution in [0.3, 0.4) is 0 Å². The van der Waals surface area contributed by atoms with Crippen molar-refractivity contribution in [2.45, 2.75) is 4.90 Å². The molecule has 0 radical (unpaired) electrons. The molecular formula is C24H16BrClN2O7S. The lowest BCUT2D eigenvalue weighted by Crippen LogP contribution is -2.54. The van der Waals surface area contributed by atoms with Crippen LogP contribution in [0.1, 0.15) is 5.56 Å². The van der Waals surface area contributed by atoms with Gasteiger partial charge in [-0.15, -0.1) is 0 Å². The summed E-state index contributed by atoms with van der Waals surface area (Å²) in [6.07, 6.45) is 1.25. The number of carbonyl (C=O) groups excluding carboxylic acids is 3. The number of imide groups is 2. The molecule has 4 amide bonds. The van der Waals surface area contributed by atoms with Crippen LogP contribution in [0.2, 0.25) is 5.02 Å². The van der Waals surface area contributed by atoms with Crippen molar-refractivity contribution in [3.63, 3.8) is 0 Å². The van der Waals surface area contributed by atoms with Gasteiger partial charge >= 0.3 is 16.1 Å². The number of rotatable bonds is 6. The maximum atomic E-state index is 13.0. The first kappa shape index (κ1) is 25.4. The maximum absolute atomic E-state index is 13.0. The highest BCUT2D eigenvalue weighted by molar-refractivity contribution is 9.10. The van der Waals surface area contributed by atoms with Crippen LogP contribution in [0.15, 0.2) is 81.7 Å². The topological polar surface area (TPSA) is 119 Å². The summed E-state index contributed by atoms with van der Waals surface area (Å²) in [5.74, 6) is -1.84. The van der Waals surface area contributed by atoms with Gasteiger partial charge in [0.05, 0.1) is 17.3 Å². The molecule has 3 aromatic carbocycles. The second-order valence-electron chi connectivity index (χ2n) is 7.32. The number of nitrogens with zero attached hydrogens (tertiary/aromatic N) is 1. The minimum absolute atomic E-state index is 0.00780. The first-order valence-corrected chi connectivity index (χ1v) is 12.7. The smallest absolute Gasteiger partial charge is 0.339 e. The summed E-state index contributed by atoms with van der Waals surface area (Å²) in [7, 11) is -2.93. The number of nitrogens with one attached hydrogen (secondary N) is 1. The van der Waals surface area contributed by atoms with E-state index in [2.05, 4.69) is 21.2 Å². The Hall–Kier alpha value is -3.67. The Morgan fingerprint density at radius 1 is 1.00 bits per heavy atom. The molecule has 0 saturated carbocycles. The summed E-state index contributed by atoms with van der Waals surface area (Å²) in [6.45, 7) is 0. The molecule has 0 spiro atoms. The molecule has 1 aliphatic rings. The van der Waals surface area contributed by atoms with Gasteiger partial charge in [-0.2, -0.15) is 8.42 Å². The molecule has 12 heteroatoms. The fourth-order valence-electron chi connectivity index (χ4n) is 3.30. The van der Waals surface area contributed by atoms with Crippen LogP contribution < -0.4 is 19.1 Å². The first-order valence-electron chi connectivity index (χ1n) is 10.1. The number of benzene rings is 3. The van der Waals surface area contributed by atoms with Crippen molar-refractivity contribution in [1.29, 1.82) is 0 Å². The van der Waals surface area contributed by atoms with Gasteiger partial charge < -0.3 is 8.92 Å². The lowest BCUT2D eigenvalue weighted by Gasteiger charge is -2.26. The first-order chi connectivity index (χ1) is 17.1. The Kier molecular flexibility index (Phi) is 7.16. The number of hydrogen-bond acceptors (Lipinski definition) is 7. The highest BCUT2D eigenvalue weighted by Gasteiger charge is 2.36. The van der Waals surface area contributed by atoms with Gasteiger partial charge in [-0.3, -0.25) is 14.9 Å². The van der Waals surface area contributed by atoms with Crippen molar-refractivity contribution in [3.8, 4) is 11.5 Å². The van der Waals surface area contributed by atoms with Crippen LogP contribution in [-0.2, 0) is 19.7 Å². The molecule has 0 aromatic heterocycles. The molecule has 0 unspecified atom stereocenters. The van der Waals surface area contributed by atoms with E-state index < -0.39 is 28.0 Å². The zero-order valence-corrected chi connectivity index (χ0v) is 21.6. The fourth-order valence-corrected chi connectivity index (χ4v) is 5.03. The van der Waals surface area contributed by atoms with E-state index in [1.54, 1.807) is 30.3 Å². The van der Waals surface area contributed by atoms with Gasteiger partial charge in [-0.25, -0.2) is 9.69 Å². The normalized spacial score (nSPS) is 15.1. The summed E-state index contributed by atoms with van der Waals surface area (Å²) in [6, 6.07) is 15.5. The lowest BCUT2D eigenvalue weighted by molar-refractivity contribution is -0.122. The van der Waals surface area contributed by atoms with E-state index in [4.69, 9.17) is 20.5 Å². The second kappa shape index (κ2) is 10.1. The van der Waals surface area contributed by atoms with Crippen LogP contribution >= 0.6 is 27.5 Å². The van der Waals surface area contributed by atoms with E-state index in [0.717, 1.165) is 4.90 Å². The van der Waals surface area contributed by atoms with Gasteiger partial charge in [0.25, 0.3) is 11.8 Å². The highest BCUT2D eigenvalue weighted by Crippen LogP contribution is 2.39. The number of ether oxygens (including phenoxy) is 1. The molecule has 0 atom stereocenters. The van der Waals surface area contributed by atoms with Crippen LogP contribution in [-0.4, -0.2) is 33.4 Å². The Morgan fingerprint density at radius 2 is 1.67 bits per heavy atom. The number of urea groups is 1. The van der Waals surface area contributed by atoms with E-state index in [1.165, 1.54) is 49.6 Å². The molecule has 3 aromatic rings. The molecule has 36 heavy (non-hydrogen) atoms. The Balaban J connectivity index is 1.70. The standard InChI is InChI=1S/C24H16BrClN2O7S/c1-34-20-13-14(12-19(25)21(20)35-36(32,33)17-9-7-15(26)8-10-17)11-18-22(29)27-24(31)28(23(18)30)16-5-3-2-4-6-16/h2-13H,1H3,(H,27,29,31)/b18-11+. The van der Waals surface area contributed by atoms with E-state index in [1.807, 2.05) is 0 Å². The van der Waals surface area contributed by atoms with E-state index in [9.17, 15) is 22.8 Å². The molecule has 1 fully saturated rings. The molecule has 4 rings (SSSR count). The number of para-hydroxylation sites is 1. The third kappa shape index (κ3) is 5.13. The SMILES string of the molecule is COc1cc(/C=C2\C(=O)NC(=O)N(c3ccccc3)C2=O)cc(Br)c1OS(=O)(=O)c1ccc(Cl)cc1. The molecule has 1 saturated heterocycles. The van der Waals surface area contributed by atoms with E-state index in [-0.39, 0.29) is 32.1 Å². The van der Waals surface area contributed by atoms with Crippen LogP contribution in [0.25, 0.3) is 6.08 Å². The summed E-state index contributed by atoms with van der Waals surface area (Å²) in [4.78, 5) is 38.6. The predicted molar refractivity (Wildman–Crippen MR) is 135 cm³/mol. The second-order valence-corrected chi connectivity index (χ2v) is 10.2. The van der Waals surface area contributed by atoms with E-state index >= 15 is 0 Å². The minimum Gasteiger partial charge on any atom is -0.493 e. The number of anilines is 1. The largest absolute Gasteiger partial charge is 0.493 e. The maximum Gasteiger partial charge on any atom is 0.339 e. The van der Waals surface area contributed by atoms with Gasteiger partial charge in [0.15, 0.2) is 11.5 Å². The number of halogens is 2. The Bertz CT molecular complexity index is 1510. The van der Waals surface area contributed by atoms with Crippen molar-refractivity contribution in [2.75, 3.05) is 12.0 Å². The molecule has 1 N–H and O–H groups in total. The third-order valence-corrected chi connectivity index (χ3v) is 7.05. The lowest BCUT2D eigenvalue weighted by atomic mass is 10.1. The van der Waals surface area contributed by atoms with Crippen molar-refractivity contribution in [1.82, 2.24) is 5.32 Å². The van der Waals surface area contributed by atoms with Crippen LogP contribution in [0.4, 0.5) is 10.5 Å². The highest BCUT2D eigenvalue weighted by atomic mass is 79.9. The molecule has 0 aliphatic carbocycles. The molecule has 9 nitrogen and oxygen atoms in total. The van der Waals surface area contributed by atoms with Crippen molar-refractivity contribution >= 4 is 67.3 Å². The number of hydrogen-bond donors (Lipinski definition) is 1. The zero-order chi connectivity index (χ0) is 26.0. The minimum atomic E-state index is -4.23. The van der Waals surface area contributed by atoms with Crippen LogP contribution in [0, 0.1) is 0 Å². The van der Waals surface area contributed by atoms with Gasteiger partial charge in [0.1, 0.15) is 10.5 Å². The Morgan fingerprint density at radius 3 is 2.31 bits per heavy atom. The van der Waals surface area contributed by atoms with Gasteiger partial charge in [-0.05, 0) is 76.1 Å². The third-order valence-electron chi connectivity index (χ3n) is 4.97. The molecule has 0 bridgehead atoms. The van der Waals surface area contributed by atoms with Crippen molar-refractivity contribution in [2.24, 2.45) is 0 Å². The number of barbiturate groups is 1. The number of amides is 4.